The third-order valence-corrected chi connectivity index (χ3v) is 3.48. The van der Waals surface area contributed by atoms with Gasteiger partial charge in [0.15, 0.2) is 0 Å². The van der Waals surface area contributed by atoms with E-state index < -0.39 is 0 Å². The highest BCUT2D eigenvalue weighted by molar-refractivity contribution is 5.70. The molecule has 0 aliphatic heterocycles. The molecule has 0 saturated carbocycles. The van der Waals surface area contributed by atoms with E-state index in [-0.39, 0.29) is 0 Å². The van der Waals surface area contributed by atoms with Crippen LogP contribution in [0.2, 0.25) is 0 Å². The van der Waals surface area contributed by atoms with Gasteiger partial charge in [0.2, 0.25) is 0 Å². The summed E-state index contributed by atoms with van der Waals surface area (Å²) < 4.78 is 7.24. The maximum atomic E-state index is 5.84. The highest BCUT2D eigenvalue weighted by atomic mass is 16.5. The molecule has 1 heterocycles. The SMILES string of the molecule is CCc1cc(-c2c(C)nn(C)c2CN)ccc1OC. The maximum Gasteiger partial charge on any atom is 0.122 e. The molecule has 0 amide bonds. The summed E-state index contributed by atoms with van der Waals surface area (Å²) in [6.07, 6.45) is 0.939. The maximum absolute atomic E-state index is 5.84. The van der Waals surface area contributed by atoms with Crippen LogP contribution in [0.3, 0.4) is 0 Å². The predicted octanol–water partition coefficient (Wildman–Crippen LogP) is 2.43. The molecule has 0 unspecified atom stereocenters. The minimum Gasteiger partial charge on any atom is -0.496 e. The fourth-order valence-corrected chi connectivity index (χ4v) is 2.53. The van der Waals surface area contributed by atoms with Crippen molar-refractivity contribution >= 4 is 0 Å². The largest absolute Gasteiger partial charge is 0.496 e. The van der Waals surface area contributed by atoms with Crippen LogP contribution in [-0.2, 0) is 20.0 Å². The number of nitrogens with two attached hydrogens (primary N) is 1. The Hall–Kier alpha value is -1.81. The summed E-state index contributed by atoms with van der Waals surface area (Å²) >= 11 is 0. The van der Waals surface area contributed by atoms with Crippen molar-refractivity contribution in [3.63, 3.8) is 0 Å². The molecule has 0 saturated heterocycles. The Morgan fingerprint density at radius 2 is 2.11 bits per heavy atom. The number of hydrogen-bond acceptors (Lipinski definition) is 3. The zero-order valence-corrected chi connectivity index (χ0v) is 12.0. The van der Waals surface area contributed by atoms with Crippen molar-refractivity contribution in [3.05, 3.63) is 35.2 Å². The summed E-state index contributed by atoms with van der Waals surface area (Å²) in [4.78, 5) is 0. The van der Waals surface area contributed by atoms with Gasteiger partial charge in [-0.2, -0.15) is 5.10 Å². The zero-order valence-electron chi connectivity index (χ0n) is 12.0. The quantitative estimate of drug-likeness (QED) is 0.917. The molecular weight excluding hydrogens is 238 g/mol. The summed E-state index contributed by atoms with van der Waals surface area (Å²) in [5.74, 6) is 0.932. The van der Waals surface area contributed by atoms with E-state index in [0.717, 1.165) is 34.7 Å². The zero-order chi connectivity index (χ0) is 14.0. The number of rotatable bonds is 4. The molecule has 0 bridgehead atoms. The third kappa shape index (κ3) is 2.36. The molecule has 19 heavy (non-hydrogen) atoms. The van der Waals surface area contributed by atoms with E-state index in [2.05, 4.69) is 24.2 Å². The second kappa shape index (κ2) is 5.45. The summed E-state index contributed by atoms with van der Waals surface area (Å²) in [6, 6.07) is 6.25. The van der Waals surface area contributed by atoms with Crippen LogP contribution in [0.25, 0.3) is 11.1 Å². The van der Waals surface area contributed by atoms with Crippen LogP contribution in [0.1, 0.15) is 23.9 Å². The van der Waals surface area contributed by atoms with Gasteiger partial charge < -0.3 is 10.5 Å². The standard InChI is InChI=1S/C15H21N3O/c1-5-11-8-12(6-7-14(11)19-4)15-10(2)17-18(3)13(15)9-16/h6-8H,5,9,16H2,1-4H3. The lowest BCUT2D eigenvalue weighted by molar-refractivity contribution is 0.410. The minimum atomic E-state index is 0.486. The van der Waals surface area contributed by atoms with Gasteiger partial charge in [-0.25, -0.2) is 0 Å². The van der Waals surface area contributed by atoms with Crippen LogP contribution < -0.4 is 10.5 Å². The molecule has 2 rings (SSSR count). The summed E-state index contributed by atoms with van der Waals surface area (Å²) in [6.45, 7) is 4.63. The van der Waals surface area contributed by atoms with Gasteiger partial charge in [-0.05, 0) is 36.6 Å². The number of aromatic nitrogens is 2. The Kier molecular flexibility index (Phi) is 3.90. The average Bonchev–Trinajstić information content (AvgIpc) is 2.71. The fourth-order valence-electron chi connectivity index (χ4n) is 2.53. The number of ether oxygens (including phenoxy) is 1. The first-order valence-electron chi connectivity index (χ1n) is 6.52. The third-order valence-electron chi connectivity index (χ3n) is 3.48. The number of aryl methyl sites for hydroxylation is 3. The van der Waals surface area contributed by atoms with Crippen molar-refractivity contribution < 1.29 is 4.74 Å². The molecule has 2 N–H and O–H groups in total. The molecule has 0 radical (unpaired) electrons. The average molecular weight is 259 g/mol. The predicted molar refractivity (Wildman–Crippen MR) is 77.2 cm³/mol. The first kappa shape index (κ1) is 13.6. The van der Waals surface area contributed by atoms with Gasteiger partial charge in [0.05, 0.1) is 18.5 Å². The van der Waals surface area contributed by atoms with Crippen molar-refractivity contribution in [2.45, 2.75) is 26.8 Å². The monoisotopic (exact) mass is 259 g/mol. The van der Waals surface area contributed by atoms with Crippen molar-refractivity contribution in [1.29, 1.82) is 0 Å². The second-order valence-corrected chi connectivity index (χ2v) is 4.62. The molecule has 0 spiro atoms. The Balaban J connectivity index is 2.59. The molecular formula is C15H21N3O. The summed E-state index contributed by atoms with van der Waals surface area (Å²) in [5, 5.41) is 4.46. The lowest BCUT2D eigenvalue weighted by Gasteiger charge is -2.10. The molecule has 1 aromatic heterocycles. The Morgan fingerprint density at radius 3 is 2.68 bits per heavy atom. The smallest absolute Gasteiger partial charge is 0.122 e. The summed E-state index contributed by atoms with van der Waals surface area (Å²) in [5.41, 5.74) is 11.4. The second-order valence-electron chi connectivity index (χ2n) is 4.62. The van der Waals surface area contributed by atoms with Gasteiger partial charge in [0.25, 0.3) is 0 Å². The molecule has 0 aliphatic rings. The van der Waals surface area contributed by atoms with E-state index in [1.807, 2.05) is 24.7 Å². The lowest BCUT2D eigenvalue weighted by atomic mass is 9.99. The highest BCUT2D eigenvalue weighted by Crippen LogP contribution is 2.31. The fraction of sp³-hybridized carbons (Fsp3) is 0.400. The van der Waals surface area contributed by atoms with Crippen molar-refractivity contribution in [2.75, 3.05) is 7.11 Å². The highest BCUT2D eigenvalue weighted by Gasteiger charge is 2.15. The molecule has 2 aromatic rings. The van der Waals surface area contributed by atoms with Gasteiger partial charge >= 0.3 is 0 Å². The Morgan fingerprint density at radius 1 is 1.37 bits per heavy atom. The van der Waals surface area contributed by atoms with Crippen molar-refractivity contribution in [2.24, 2.45) is 12.8 Å². The van der Waals surface area contributed by atoms with E-state index >= 15 is 0 Å². The number of methoxy groups -OCH3 is 1. The first-order chi connectivity index (χ1) is 9.12. The molecule has 4 heteroatoms. The van der Waals surface area contributed by atoms with Gasteiger partial charge in [-0.3, -0.25) is 4.68 Å². The molecule has 0 atom stereocenters. The molecule has 0 aliphatic carbocycles. The molecule has 4 nitrogen and oxygen atoms in total. The summed E-state index contributed by atoms with van der Waals surface area (Å²) in [7, 11) is 3.64. The topological polar surface area (TPSA) is 53.1 Å². The van der Waals surface area contributed by atoms with Crippen LogP contribution in [-0.4, -0.2) is 16.9 Å². The van der Waals surface area contributed by atoms with Crippen molar-refractivity contribution in [1.82, 2.24) is 9.78 Å². The van der Waals surface area contributed by atoms with Gasteiger partial charge in [-0.15, -0.1) is 0 Å². The molecule has 1 aromatic carbocycles. The lowest BCUT2D eigenvalue weighted by Crippen LogP contribution is -2.05. The molecule has 0 fully saturated rings. The number of nitrogens with zero attached hydrogens (tertiary/aromatic N) is 2. The van der Waals surface area contributed by atoms with Crippen LogP contribution in [0, 0.1) is 6.92 Å². The molecule has 102 valence electrons. The number of hydrogen-bond donors (Lipinski definition) is 1. The Bertz CT molecular complexity index is 587. The first-order valence-corrected chi connectivity index (χ1v) is 6.52. The van der Waals surface area contributed by atoms with Crippen LogP contribution in [0.15, 0.2) is 18.2 Å². The van der Waals surface area contributed by atoms with Gasteiger partial charge in [0, 0.05) is 19.2 Å². The normalized spacial score (nSPS) is 10.8. The van der Waals surface area contributed by atoms with Gasteiger partial charge in [-0.1, -0.05) is 13.0 Å². The van der Waals surface area contributed by atoms with Crippen LogP contribution >= 0.6 is 0 Å². The van der Waals surface area contributed by atoms with Gasteiger partial charge in [0.1, 0.15) is 5.75 Å². The number of benzene rings is 1. The minimum absolute atomic E-state index is 0.486. The van der Waals surface area contributed by atoms with E-state index in [1.165, 1.54) is 5.56 Å². The van der Waals surface area contributed by atoms with E-state index in [0.29, 0.717) is 6.54 Å². The van der Waals surface area contributed by atoms with E-state index in [1.54, 1.807) is 7.11 Å². The van der Waals surface area contributed by atoms with Crippen LogP contribution in [0.4, 0.5) is 0 Å². The van der Waals surface area contributed by atoms with Crippen LogP contribution in [0.5, 0.6) is 5.75 Å². The van der Waals surface area contributed by atoms with Crippen molar-refractivity contribution in [3.8, 4) is 16.9 Å². The van der Waals surface area contributed by atoms with E-state index in [9.17, 15) is 0 Å². The van der Waals surface area contributed by atoms with E-state index in [4.69, 9.17) is 10.5 Å². The Labute approximate surface area is 114 Å².